The number of benzene rings is 1. The number of fused-ring (bicyclic) bond motifs is 1. The number of nitrogens with one attached hydrogen (secondary N) is 2. The van der Waals surface area contributed by atoms with Crippen molar-refractivity contribution in [2.24, 2.45) is 0 Å². The van der Waals surface area contributed by atoms with Crippen LogP contribution in [-0.2, 0) is 17.6 Å². The second-order valence-corrected chi connectivity index (χ2v) is 5.47. The Labute approximate surface area is 133 Å². The number of nitrogens with zero attached hydrogens (tertiary/aromatic N) is 1. The SMILES string of the molecule is CCc1c[n+]([O-])ccc1C(=O)Nc1ccc2c(c1)CCC(=O)N2. The van der Waals surface area contributed by atoms with Gasteiger partial charge >= 0.3 is 0 Å². The second-order valence-electron chi connectivity index (χ2n) is 5.47. The lowest BCUT2D eigenvalue weighted by molar-refractivity contribution is -0.605. The van der Waals surface area contributed by atoms with Crippen LogP contribution in [-0.4, -0.2) is 11.8 Å². The Bertz CT molecular complexity index is 787. The van der Waals surface area contributed by atoms with Crippen LogP contribution in [0.15, 0.2) is 36.7 Å². The number of aryl methyl sites for hydroxylation is 2. The van der Waals surface area contributed by atoms with Crippen molar-refractivity contribution in [1.29, 1.82) is 0 Å². The van der Waals surface area contributed by atoms with E-state index >= 15 is 0 Å². The highest BCUT2D eigenvalue weighted by molar-refractivity contribution is 6.05. The monoisotopic (exact) mass is 311 g/mol. The molecule has 6 heteroatoms. The molecule has 0 fully saturated rings. The van der Waals surface area contributed by atoms with Crippen LogP contribution < -0.4 is 15.4 Å². The summed E-state index contributed by atoms with van der Waals surface area (Å²) in [7, 11) is 0. The molecule has 0 atom stereocenters. The van der Waals surface area contributed by atoms with Gasteiger partial charge in [-0.05, 0) is 36.6 Å². The molecule has 0 unspecified atom stereocenters. The lowest BCUT2D eigenvalue weighted by atomic mass is 10.0. The van der Waals surface area contributed by atoms with E-state index in [1.54, 1.807) is 12.1 Å². The lowest BCUT2D eigenvalue weighted by Gasteiger charge is -2.18. The summed E-state index contributed by atoms with van der Waals surface area (Å²) in [5, 5.41) is 17.0. The minimum absolute atomic E-state index is 0.0112. The lowest BCUT2D eigenvalue weighted by Crippen LogP contribution is -2.27. The van der Waals surface area contributed by atoms with Crippen LogP contribution >= 0.6 is 0 Å². The summed E-state index contributed by atoms with van der Waals surface area (Å²) < 4.78 is 0.692. The summed E-state index contributed by atoms with van der Waals surface area (Å²) in [4.78, 5) is 23.8. The topological polar surface area (TPSA) is 85.1 Å². The Morgan fingerprint density at radius 1 is 1.35 bits per heavy atom. The van der Waals surface area contributed by atoms with Crippen LogP contribution in [0.4, 0.5) is 11.4 Å². The van der Waals surface area contributed by atoms with E-state index in [1.165, 1.54) is 18.5 Å². The molecule has 2 N–H and O–H groups in total. The number of amides is 2. The van der Waals surface area contributed by atoms with Crippen molar-refractivity contribution in [3.8, 4) is 0 Å². The van der Waals surface area contributed by atoms with Gasteiger partial charge in [-0.3, -0.25) is 9.59 Å². The predicted molar refractivity (Wildman–Crippen MR) is 86.1 cm³/mol. The van der Waals surface area contributed by atoms with Crippen LogP contribution in [0, 0.1) is 5.21 Å². The molecule has 2 aromatic rings. The molecule has 0 saturated heterocycles. The number of pyridine rings is 1. The molecule has 0 bridgehead atoms. The highest BCUT2D eigenvalue weighted by atomic mass is 16.5. The van der Waals surface area contributed by atoms with Gasteiger partial charge in [-0.15, -0.1) is 0 Å². The summed E-state index contributed by atoms with van der Waals surface area (Å²) >= 11 is 0. The number of aromatic nitrogens is 1. The van der Waals surface area contributed by atoms with E-state index in [2.05, 4.69) is 10.6 Å². The van der Waals surface area contributed by atoms with E-state index in [0.29, 0.717) is 40.8 Å². The van der Waals surface area contributed by atoms with Gasteiger partial charge in [0, 0.05) is 29.4 Å². The second kappa shape index (κ2) is 6.08. The fourth-order valence-corrected chi connectivity index (χ4v) is 2.68. The van der Waals surface area contributed by atoms with Crippen LogP contribution in [0.2, 0.25) is 0 Å². The van der Waals surface area contributed by atoms with E-state index in [-0.39, 0.29) is 11.8 Å². The molecule has 3 rings (SSSR count). The molecule has 2 heterocycles. The molecular formula is C17H17N3O3. The zero-order valence-electron chi connectivity index (χ0n) is 12.8. The third kappa shape index (κ3) is 3.15. The van der Waals surface area contributed by atoms with E-state index in [1.807, 2.05) is 13.0 Å². The maximum absolute atomic E-state index is 12.4. The highest BCUT2D eigenvalue weighted by Gasteiger charge is 2.17. The van der Waals surface area contributed by atoms with Gasteiger partial charge in [-0.2, -0.15) is 4.73 Å². The summed E-state index contributed by atoms with van der Waals surface area (Å²) in [5.41, 5.74) is 3.66. The highest BCUT2D eigenvalue weighted by Crippen LogP contribution is 2.26. The van der Waals surface area contributed by atoms with Gasteiger partial charge in [0.2, 0.25) is 5.91 Å². The van der Waals surface area contributed by atoms with Crippen molar-refractivity contribution >= 4 is 23.2 Å². The average molecular weight is 311 g/mol. The van der Waals surface area contributed by atoms with Crippen molar-refractivity contribution in [2.75, 3.05) is 10.6 Å². The third-order valence-electron chi connectivity index (χ3n) is 3.90. The average Bonchev–Trinajstić information content (AvgIpc) is 2.54. The van der Waals surface area contributed by atoms with Gasteiger partial charge in [0.05, 0.1) is 5.56 Å². The Kier molecular flexibility index (Phi) is 3.97. The molecule has 0 saturated carbocycles. The number of hydrogen-bond acceptors (Lipinski definition) is 3. The summed E-state index contributed by atoms with van der Waals surface area (Å²) in [6, 6.07) is 6.94. The summed E-state index contributed by atoms with van der Waals surface area (Å²) in [6.45, 7) is 1.90. The van der Waals surface area contributed by atoms with Crippen molar-refractivity contribution in [1.82, 2.24) is 0 Å². The number of hydrogen-bond donors (Lipinski definition) is 2. The van der Waals surface area contributed by atoms with Crippen molar-refractivity contribution < 1.29 is 14.3 Å². The van der Waals surface area contributed by atoms with E-state index in [9.17, 15) is 14.8 Å². The van der Waals surface area contributed by atoms with Crippen molar-refractivity contribution in [3.63, 3.8) is 0 Å². The van der Waals surface area contributed by atoms with Gasteiger partial charge in [0.25, 0.3) is 5.91 Å². The number of rotatable bonds is 3. The fourth-order valence-electron chi connectivity index (χ4n) is 2.68. The molecule has 6 nitrogen and oxygen atoms in total. The fraction of sp³-hybridized carbons (Fsp3) is 0.235. The largest absolute Gasteiger partial charge is 0.619 e. The predicted octanol–water partition coefficient (Wildman–Crippen LogP) is 2.02. The molecule has 1 aliphatic heterocycles. The molecule has 0 spiro atoms. The molecule has 0 radical (unpaired) electrons. The number of carbonyl (C=O) groups is 2. The van der Waals surface area contributed by atoms with Crippen LogP contribution in [0.1, 0.15) is 34.8 Å². The molecule has 1 aromatic heterocycles. The standard InChI is InChI=1S/C17H17N3O3/c1-2-11-10-20(23)8-7-14(11)17(22)18-13-4-5-15-12(9-13)3-6-16(21)19-15/h4-5,7-10H,2-3,6H2,1H3,(H,18,22)(H,19,21). The molecule has 1 aromatic carbocycles. The molecule has 1 aliphatic rings. The zero-order chi connectivity index (χ0) is 16.4. The maximum atomic E-state index is 12.4. The van der Waals surface area contributed by atoms with Gasteiger partial charge in [-0.1, -0.05) is 6.92 Å². The minimum atomic E-state index is -0.248. The van der Waals surface area contributed by atoms with Gasteiger partial charge in [0.1, 0.15) is 0 Å². The minimum Gasteiger partial charge on any atom is -0.619 e. The van der Waals surface area contributed by atoms with E-state index in [4.69, 9.17) is 0 Å². The first-order valence-electron chi connectivity index (χ1n) is 7.52. The Balaban J connectivity index is 1.82. The summed E-state index contributed by atoms with van der Waals surface area (Å²) in [5.74, 6) is -0.237. The van der Waals surface area contributed by atoms with Gasteiger partial charge in [0.15, 0.2) is 12.4 Å². The molecule has 0 aliphatic carbocycles. The number of anilines is 2. The first-order valence-corrected chi connectivity index (χ1v) is 7.52. The van der Waals surface area contributed by atoms with E-state index in [0.717, 1.165) is 11.3 Å². The third-order valence-corrected chi connectivity index (χ3v) is 3.90. The van der Waals surface area contributed by atoms with Gasteiger partial charge in [-0.25, -0.2) is 0 Å². The van der Waals surface area contributed by atoms with Crippen molar-refractivity contribution in [2.45, 2.75) is 26.2 Å². The summed E-state index contributed by atoms with van der Waals surface area (Å²) in [6.07, 6.45) is 4.44. The van der Waals surface area contributed by atoms with Crippen LogP contribution in [0.25, 0.3) is 0 Å². The first-order chi connectivity index (χ1) is 11.1. The first kappa shape index (κ1) is 15.0. The normalized spacial score (nSPS) is 13.2. The molecule has 2 amide bonds. The van der Waals surface area contributed by atoms with Gasteiger partial charge < -0.3 is 15.8 Å². The Hall–Kier alpha value is -2.89. The Morgan fingerprint density at radius 3 is 2.96 bits per heavy atom. The quantitative estimate of drug-likeness (QED) is 0.672. The Morgan fingerprint density at radius 2 is 2.17 bits per heavy atom. The molecule has 118 valence electrons. The van der Waals surface area contributed by atoms with Crippen molar-refractivity contribution in [3.05, 3.63) is 58.6 Å². The van der Waals surface area contributed by atoms with Crippen LogP contribution in [0.5, 0.6) is 0 Å². The molecular weight excluding hydrogens is 294 g/mol. The zero-order valence-corrected chi connectivity index (χ0v) is 12.8. The van der Waals surface area contributed by atoms with Crippen LogP contribution in [0.3, 0.4) is 0 Å². The maximum Gasteiger partial charge on any atom is 0.256 e. The number of carbonyl (C=O) groups excluding carboxylic acids is 2. The smallest absolute Gasteiger partial charge is 0.256 e. The molecule has 23 heavy (non-hydrogen) atoms. The van der Waals surface area contributed by atoms with E-state index < -0.39 is 0 Å².